The fourth-order valence-electron chi connectivity index (χ4n) is 3.46. The minimum absolute atomic E-state index is 0. The van der Waals surface area contributed by atoms with E-state index in [1.165, 1.54) is 83.5 Å². The maximum atomic E-state index is 11.5. The van der Waals surface area contributed by atoms with Crippen LogP contribution in [0.5, 0.6) is 0 Å². The summed E-state index contributed by atoms with van der Waals surface area (Å²) in [6, 6.07) is 0. The Balaban J connectivity index is 0. The fourth-order valence-corrected chi connectivity index (χ4v) is 3.94. The summed E-state index contributed by atoms with van der Waals surface area (Å²) in [5.41, 5.74) is 0. The van der Waals surface area contributed by atoms with Crippen LogP contribution < -0.4 is 29.6 Å². The molecule has 0 heterocycles. The van der Waals surface area contributed by atoms with Gasteiger partial charge in [-0.1, -0.05) is 103 Å². The molecule has 0 aromatic carbocycles. The van der Waals surface area contributed by atoms with Crippen molar-refractivity contribution < 1.29 is 61.6 Å². The van der Waals surface area contributed by atoms with Crippen molar-refractivity contribution in [2.24, 2.45) is 0 Å². The van der Waals surface area contributed by atoms with Gasteiger partial charge in [-0.3, -0.25) is 0 Å². The van der Waals surface area contributed by atoms with E-state index in [4.69, 9.17) is 4.74 Å². The first-order valence-electron chi connectivity index (χ1n) is 12.8. The predicted octanol–water partition coefficient (Wildman–Crippen LogP) is 2.83. The van der Waals surface area contributed by atoms with Crippen LogP contribution in [0, 0.1) is 0 Å². The molecule has 0 N–H and O–H groups in total. The molecular formula is C25H45NaO7S. The Hall–Kier alpha value is -0.410. The summed E-state index contributed by atoms with van der Waals surface area (Å²) < 4.78 is 41.0. The number of esters is 2. The van der Waals surface area contributed by atoms with E-state index in [1.807, 2.05) is 0 Å². The van der Waals surface area contributed by atoms with Gasteiger partial charge in [-0.15, -0.1) is 0 Å². The molecule has 0 aliphatic heterocycles. The molecule has 0 spiro atoms. The number of carbonyl (C=O) groups excluding carboxylic acids is 2. The van der Waals surface area contributed by atoms with Gasteiger partial charge in [-0.25, -0.2) is 18.0 Å². The first kappa shape index (κ1) is 35.8. The van der Waals surface area contributed by atoms with E-state index in [1.54, 1.807) is 0 Å². The third-order valence-electron chi connectivity index (χ3n) is 5.38. The van der Waals surface area contributed by atoms with Crippen LogP contribution in [-0.4, -0.2) is 43.9 Å². The quantitative estimate of drug-likeness (QED) is 0.0681. The van der Waals surface area contributed by atoms with Gasteiger partial charge >= 0.3 is 41.5 Å². The molecule has 0 aromatic rings. The van der Waals surface area contributed by atoms with Crippen LogP contribution in [0.1, 0.15) is 116 Å². The topological polar surface area (TPSA) is 110 Å². The van der Waals surface area contributed by atoms with E-state index in [-0.39, 0.29) is 42.6 Å². The average molecular weight is 513 g/mol. The minimum Gasteiger partial charge on any atom is -0.748 e. The summed E-state index contributed by atoms with van der Waals surface area (Å²) in [5, 5.41) is 0. The van der Waals surface area contributed by atoms with Crippen LogP contribution in [0.15, 0.2) is 12.2 Å². The molecule has 34 heavy (non-hydrogen) atoms. The first-order valence-corrected chi connectivity index (χ1v) is 14.4. The molecule has 0 aliphatic carbocycles. The summed E-state index contributed by atoms with van der Waals surface area (Å²) in [6.07, 6.45) is 22.3. The van der Waals surface area contributed by atoms with Crippen LogP contribution in [0.3, 0.4) is 0 Å². The Bertz CT molecular complexity index is 621. The maximum Gasteiger partial charge on any atom is 1.00 e. The molecule has 0 saturated carbocycles. The van der Waals surface area contributed by atoms with Crippen molar-refractivity contribution in [1.29, 1.82) is 0 Å². The summed E-state index contributed by atoms with van der Waals surface area (Å²) in [4.78, 5) is 22.9. The smallest absolute Gasteiger partial charge is 0.748 e. The number of ether oxygens (including phenoxy) is 2. The van der Waals surface area contributed by atoms with Crippen LogP contribution in [-0.2, 0) is 29.2 Å². The predicted molar refractivity (Wildman–Crippen MR) is 130 cm³/mol. The molecule has 194 valence electrons. The molecule has 0 radical (unpaired) electrons. The van der Waals surface area contributed by atoms with Gasteiger partial charge in [-0.05, 0) is 12.8 Å². The second kappa shape index (κ2) is 25.7. The van der Waals surface area contributed by atoms with Gasteiger partial charge in [0.15, 0.2) is 0 Å². The largest absolute Gasteiger partial charge is 1.00 e. The van der Waals surface area contributed by atoms with Gasteiger partial charge in [0.25, 0.3) is 0 Å². The summed E-state index contributed by atoms with van der Waals surface area (Å²) in [6.45, 7) is 2.38. The molecule has 0 fully saturated rings. The Morgan fingerprint density at radius 2 is 0.941 bits per heavy atom. The maximum absolute atomic E-state index is 11.5. The number of carbonyl (C=O) groups is 2. The summed E-state index contributed by atoms with van der Waals surface area (Å²) in [7, 11) is -4.31. The SMILES string of the molecule is CCCCCCCCCCCCCCCCCCOC(=O)/C=C\C(=O)OCCCS(=O)(=O)[O-].[Na+]. The van der Waals surface area contributed by atoms with E-state index < -0.39 is 27.8 Å². The van der Waals surface area contributed by atoms with E-state index in [0.29, 0.717) is 6.61 Å². The Kier molecular flexibility index (Phi) is 27.0. The Morgan fingerprint density at radius 1 is 0.618 bits per heavy atom. The van der Waals surface area contributed by atoms with Crippen LogP contribution in [0.4, 0.5) is 0 Å². The van der Waals surface area contributed by atoms with Crippen molar-refractivity contribution in [2.75, 3.05) is 19.0 Å². The van der Waals surface area contributed by atoms with Crippen molar-refractivity contribution in [2.45, 2.75) is 116 Å². The molecule has 0 bridgehead atoms. The zero-order valence-electron chi connectivity index (χ0n) is 21.6. The van der Waals surface area contributed by atoms with Crippen LogP contribution in [0.2, 0.25) is 0 Å². The second-order valence-electron chi connectivity index (χ2n) is 8.59. The van der Waals surface area contributed by atoms with Crippen molar-refractivity contribution >= 4 is 22.1 Å². The molecule has 0 rings (SSSR count). The van der Waals surface area contributed by atoms with Gasteiger partial charge in [0.05, 0.1) is 23.3 Å². The molecule has 0 amide bonds. The van der Waals surface area contributed by atoms with E-state index >= 15 is 0 Å². The number of rotatable bonds is 23. The molecule has 0 aromatic heterocycles. The molecule has 0 aliphatic rings. The van der Waals surface area contributed by atoms with Gasteiger partial charge in [0.1, 0.15) is 0 Å². The van der Waals surface area contributed by atoms with E-state index in [0.717, 1.165) is 31.4 Å². The molecule has 7 nitrogen and oxygen atoms in total. The van der Waals surface area contributed by atoms with E-state index in [9.17, 15) is 22.6 Å². The summed E-state index contributed by atoms with van der Waals surface area (Å²) >= 11 is 0. The average Bonchev–Trinajstić information content (AvgIpc) is 2.76. The monoisotopic (exact) mass is 512 g/mol. The minimum atomic E-state index is -4.31. The van der Waals surface area contributed by atoms with Crippen LogP contribution >= 0.6 is 0 Å². The Labute approximate surface area is 229 Å². The zero-order valence-corrected chi connectivity index (χ0v) is 24.4. The van der Waals surface area contributed by atoms with Gasteiger partial charge < -0.3 is 14.0 Å². The molecular weight excluding hydrogens is 467 g/mol. The fraction of sp³-hybridized carbons (Fsp3) is 0.840. The van der Waals surface area contributed by atoms with E-state index in [2.05, 4.69) is 11.7 Å². The van der Waals surface area contributed by atoms with Crippen molar-refractivity contribution in [3.63, 3.8) is 0 Å². The standard InChI is InChI=1S/C25H46O7S.Na/c1-2-3-4-5-6-7-8-9-10-11-12-13-14-15-16-17-21-31-24(26)19-20-25(27)32-22-18-23-33(28,29)30;/h19-20H,2-18,21-23H2,1H3,(H,28,29,30);/q;+1/p-1/b20-19-;. The molecule has 0 saturated heterocycles. The number of hydrogen-bond acceptors (Lipinski definition) is 7. The molecule has 0 unspecified atom stereocenters. The summed E-state index contributed by atoms with van der Waals surface area (Å²) in [5.74, 6) is -1.99. The first-order chi connectivity index (χ1) is 15.8. The zero-order chi connectivity index (χ0) is 24.6. The third kappa shape index (κ3) is 29.6. The number of hydrogen-bond donors (Lipinski definition) is 0. The number of unbranched alkanes of at least 4 members (excludes halogenated alkanes) is 15. The van der Waals surface area contributed by atoms with Gasteiger partial charge in [0.2, 0.25) is 0 Å². The second-order valence-corrected chi connectivity index (χ2v) is 10.1. The Morgan fingerprint density at radius 3 is 1.29 bits per heavy atom. The van der Waals surface area contributed by atoms with Gasteiger partial charge in [0, 0.05) is 17.9 Å². The normalized spacial score (nSPS) is 11.4. The molecule has 9 heteroatoms. The van der Waals surface area contributed by atoms with Crippen molar-refractivity contribution in [3.8, 4) is 0 Å². The van der Waals surface area contributed by atoms with Crippen LogP contribution in [0.25, 0.3) is 0 Å². The molecule has 0 atom stereocenters. The third-order valence-corrected chi connectivity index (χ3v) is 6.17. The van der Waals surface area contributed by atoms with Crippen molar-refractivity contribution in [3.05, 3.63) is 12.2 Å². The van der Waals surface area contributed by atoms with Gasteiger partial charge in [-0.2, -0.15) is 0 Å². The van der Waals surface area contributed by atoms with Crippen molar-refractivity contribution in [1.82, 2.24) is 0 Å².